The molecular formula is C24H23ClFN3O3. The average molecular weight is 456 g/mol. The molecule has 0 saturated carbocycles. The Bertz CT molecular complexity index is 1130. The van der Waals surface area contributed by atoms with Gasteiger partial charge in [0.25, 0.3) is 5.91 Å². The normalized spacial score (nSPS) is 18.7. The minimum atomic E-state index is -0.632. The van der Waals surface area contributed by atoms with Crippen LogP contribution in [0.4, 0.5) is 4.39 Å². The number of amides is 2. The quantitative estimate of drug-likeness (QED) is 0.596. The second kappa shape index (κ2) is 9.12. The molecule has 3 aromatic rings. The van der Waals surface area contributed by atoms with Gasteiger partial charge in [0.2, 0.25) is 5.91 Å². The Morgan fingerprint density at radius 3 is 2.66 bits per heavy atom. The van der Waals surface area contributed by atoms with Crippen LogP contribution in [0, 0.1) is 11.7 Å². The topological polar surface area (TPSA) is 75.4 Å². The molecule has 6 nitrogen and oxygen atoms in total. The number of hydrogen-bond donors (Lipinski definition) is 1. The lowest BCUT2D eigenvalue weighted by Gasteiger charge is -2.40. The summed E-state index contributed by atoms with van der Waals surface area (Å²) in [6.45, 7) is 4.25. The highest BCUT2D eigenvalue weighted by Gasteiger charge is 2.39. The smallest absolute Gasteiger partial charge is 0.276 e. The molecule has 1 aliphatic rings. The zero-order chi connectivity index (χ0) is 22.8. The molecule has 1 aliphatic heterocycles. The van der Waals surface area contributed by atoms with E-state index < -0.39 is 18.0 Å². The summed E-state index contributed by atoms with van der Waals surface area (Å²) in [5.74, 6) is -0.459. The molecule has 4 rings (SSSR count). The first kappa shape index (κ1) is 22.0. The SMILES string of the molecule is CC(C)C[C@H]1C(=O)N[C@@H](c2ccccc2Cl)CN1C(=O)c1cc(-c2ccc(F)cc2)on1. The number of nitrogens with zero attached hydrogens (tertiary/aromatic N) is 2. The molecule has 2 amide bonds. The molecule has 2 heterocycles. The molecule has 8 heteroatoms. The number of nitrogens with one attached hydrogen (secondary N) is 1. The van der Waals surface area contributed by atoms with Gasteiger partial charge in [-0.3, -0.25) is 9.59 Å². The van der Waals surface area contributed by atoms with Crippen LogP contribution < -0.4 is 5.32 Å². The van der Waals surface area contributed by atoms with E-state index in [1.807, 2.05) is 32.0 Å². The molecule has 0 radical (unpaired) electrons. The van der Waals surface area contributed by atoms with Crippen molar-refractivity contribution in [2.75, 3.05) is 6.54 Å². The maximum absolute atomic E-state index is 13.4. The van der Waals surface area contributed by atoms with E-state index >= 15 is 0 Å². The van der Waals surface area contributed by atoms with Gasteiger partial charge in [-0.25, -0.2) is 4.39 Å². The van der Waals surface area contributed by atoms with E-state index in [0.717, 1.165) is 5.56 Å². The zero-order valence-electron chi connectivity index (χ0n) is 17.7. The van der Waals surface area contributed by atoms with Crippen LogP contribution in [0.5, 0.6) is 0 Å². The highest BCUT2D eigenvalue weighted by molar-refractivity contribution is 6.31. The fourth-order valence-electron chi connectivity index (χ4n) is 3.89. The van der Waals surface area contributed by atoms with Crippen molar-refractivity contribution < 1.29 is 18.5 Å². The van der Waals surface area contributed by atoms with Crippen LogP contribution >= 0.6 is 11.6 Å². The number of carbonyl (C=O) groups excluding carboxylic acids is 2. The van der Waals surface area contributed by atoms with Crippen molar-refractivity contribution in [3.63, 3.8) is 0 Å². The van der Waals surface area contributed by atoms with Crippen molar-refractivity contribution in [1.29, 1.82) is 0 Å². The number of carbonyl (C=O) groups is 2. The number of benzene rings is 2. The van der Waals surface area contributed by atoms with Gasteiger partial charge in [0, 0.05) is 23.2 Å². The molecule has 0 bridgehead atoms. The first-order chi connectivity index (χ1) is 15.3. The lowest BCUT2D eigenvalue weighted by Crippen LogP contribution is -2.58. The fourth-order valence-corrected chi connectivity index (χ4v) is 4.16. The second-order valence-electron chi connectivity index (χ2n) is 8.27. The van der Waals surface area contributed by atoms with Crippen molar-refractivity contribution in [3.8, 4) is 11.3 Å². The van der Waals surface area contributed by atoms with Gasteiger partial charge in [0.1, 0.15) is 11.9 Å². The minimum Gasteiger partial charge on any atom is -0.355 e. The number of hydrogen-bond acceptors (Lipinski definition) is 4. The third-order valence-corrected chi connectivity index (χ3v) is 5.81. The van der Waals surface area contributed by atoms with Gasteiger partial charge in [-0.1, -0.05) is 48.8 Å². The standard InChI is InChI=1S/C24H23ClFN3O3/c1-14(2)11-21-23(30)27-20(17-5-3-4-6-18(17)25)13-29(21)24(31)19-12-22(32-28-19)15-7-9-16(26)10-8-15/h3-10,12,14,20-21H,11,13H2,1-2H3,(H,27,30)/t20-,21+/m1/s1. The zero-order valence-corrected chi connectivity index (χ0v) is 18.5. The molecule has 1 fully saturated rings. The minimum absolute atomic E-state index is 0.0886. The molecule has 2 atom stereocenters. The van der Waals surface area contributed by atoms with Crippen molar-refractivity contribution >= 4 is 23.4 Å². The number of rotatable bonds is 5. The Morgan fingerprint density at radius 1 is 1.25 bits per heavy atom. The van der Waals surface area contributed by atoms with E-state index in [-0.39, 0.29) is 29.9 Å². The monoisotopic (exact) mass is 455 g/mol. The van der Waals surface area contributed by atoms with E-state index in [1.165, 1.54) is 18.2 Å². The molecule has 0 unspecified atom stereocenters. The molecule has 1 aromatic heterocycles. The Labute approximate surface area is 190 Å². The highest BCUT2D eigenvalue weighted by atomic mass is 35.5. The van der Waals surface area contributed by atoms with Gasteiger partial charge in [-0.2, -0.15) is 0 Å². The van der Waals surface area contributed by atoms with Crippen LogP contribution in [-0.4, -0.2) is 34.5 Å². The Balaban J connectivity index is 1.64. The predicted octanol–water partition coefficient (Wildman–Crippen LogP) is 4.86. The first-order valence-electron chi connectivity index (χ1n) is 10.4. The highest BCUT2D eigenvalue weighted by Crippen LogP contribution is 2.30. The van der Waals surface area contributed by atoms with Crippen LogP contribution in [0.3, 0.4) is 0 Å². The Kier molecular flexibility index (Phi) is 6.28. The van der Waals surface area contributed by atoms with E-state index in [9.17, 15) is 14.0 Å². The van der Waals surface area contributed by atoms with Gasteiger partial charge < -0.3 is 14.7 Å². The largest absolute Gasteiger partial charge is 0.355 e. The summed E-state index contributed by atoms with van der Waals surface area (Å²) in [5, 5.41) is 7.45. The first-order valence-corrected chi connectivity index (χ1v) is 10.8. The van der Waals surface area contributed by atoms with Gasteiger partial charge >= 0.3 is 0 Å². The molecule has 0 spiro atoms. The molecule has 0 aliphatic carbocycles. The second-order valence-corrected chi connectivity index (χ2v) is 8.68. The van der Waals surface area contributed by atoms with E-state index in [1.54, 1.807) is 23.1 Å². The summed E-state index contributed by atoms with van der Waals surface area (Å²) in [6, 6.07) is 13.4. The van der Waals surface area contributed by atoms with E-state index in [2.05, 4.69) is 10.5 Å². The van der Waals surface area contributed by atoms with Crippen LogP contribution in [-0.2, 0) is 4.79 Å². The van der Waals surface area contributed by atoms with Gasteiger partial charge in [0.15, 0.2) is 11.5 Å². The molecule has 1 saturated heterocycles. The molecule has 166 valence electrons. The molecular weight excluding hydrogens is 433 g/mol. The fraction of sp³-hybridized carbons (Fsp3) is 0.292. The third-order valence-electron chi connectivity index (χ3n) is 5.47. The Hall–Kier alpha value is -3.19. The number of piperazine rings is 1. The maximum Gasteiger partial charge on any atom is 0.276 e. The summed E-state index contributed by atoms with van der Waals surface area (Å²) in [6.07, 6.45) is 0.509. The third kappa shape index (κ3) is 4.53. The number of aromatic nitrogens is 1. The molecule has 2 aromatic carbocycles. The Morgan fingerprint density at radius 2 is 1.97 bits per heavy atom. The van der Waals surface area contributed by atoms with Crippen molar-refractivity contribution in [3.05, 3.63) is 76.7 Å². The number of halogens is 2. The lowest BCUT2D eigenvalue weighted by atomic mass is 9.95. The van der Waals surface area contributed by atoms with Gasteiger partial charge in [0.05, 0.1) is 6.04 Å². The maximum atomic E-state index is 13.4. The van der Waals surface area contributed by atoms with Crippen molar-refractivity contribution in [1.82, 2.24) is 15.4 Å². The summed E-state index contributed by atoms with van der Waals surface area (Å²) in [4.78, 5) is 28.0. The van der Waals surface area contributed by atoms with E-state index in [0.29, 0.717) is 22.8 Å². The van der Waals surface area contributed by atoms with Crippen molar-refractivity contribution in [2.24, 2.45) is 5.92 Å². The van der Waals surface area contributed by atoms with Crippen LogP contribution in [0.15, 0.2) is 59.1 Å². The summed E-state index contributed by atoms with van der Waals surface area (Å²) < 4.78 is 18.5. The van der Waals surface area contributed by atoms with Gasteiger partial charge in [-0.05, 0) is 48.2 Å². The van der Waals surface area contributed by atoms with E-state index in [4.69, 9.17) is 16.1 Å². The summed E-state index contributed by atoms with van der Waals surface area (Å²) in [7, 11) is 0. The van der Waals surface area contributed by atoms with Crippen molar-refractivity contribution in [2.45, 2.75) is 32.4 Å². The van der Waals surface area contributed by atoms with Crippen LogP contribution in [0.1, 0.15) is 42.4 Å². The van der Waals surface area contributed by atoms with Crippen LogP contribution in [0.2, 0.25) is 5.02 Å². The average Bonchev–Trinajstić information content (AvgIpc) is 3.25. The lowest BCUT2D eigenvalue weighted by molar-refractivity contribution is -0.130. The molecule has 32 heavy (non-hydrogen) atoms. The predicted molar refractivity (Wildman–Crippen MR) is 119 cm³/mol. The summed E-state index contributed by atoms with van der Waals surface area (Å²) >= 11 is 6.34. The summed E-state index contributed by atoms with van der Waals surface area (Å²) in [5.41, 5.74) is 1.43. The molecule has 1 N–H and O–H groups in total. The van der Waals surface area contributed by atoms with Gasteiger partial charge in [-0.15, -0.1) is 0 Å². The van der Waals surface area contributed by atoms with Crippen LogP contribution in [0.25, 0.3) is 11.3 Å².